The van der Waals surface area contributed by atoms with Crippen LogP contribution in [-0.2, 0) is 4.74 Å². The maximum Gasteiger partial charge on any atom is 0.407 e. The molecule has 0 aromatic rings. The van der Waals surface area contributed by atoms with Gasteiger partial charge in [-0.05, 0) is 25.7 Å². The molecule has 1 rings (SSSR count). The molecule has 3 heteroatoms. The van der Waals surface area contributed by atoms with Crippen LogP contribution < -0.4 is 5.32 Å². The molecule has 1 N–H and O–H groups in total. The maximum absolute atomic E-state index is 10.7. The second kappa shape index (κ2) is 13.3. The summed E-state index contributed by atoms with van der Waals surface area (Å²) < 4.78 is 5.09. The van der Waals surface area contributed by atoms with Crippen LogP contribution in [0.3, 0.4) is 0 Å². The topological polar surface area (TPSA) is 38.3 Å². The summed E-state index contributed by atoms with van der Waals surface area (Å²) in [7, 11) is 1.59. The van der Waals surface area contributed by atoms with E-state index in [1.807, 2.05) is 27.7 Å². The fourth-order valence-corrected chi connectivity index (χ4v) is 1.39. The van der Waals surface area contributed by atoms with E-state index in [1.54, 1.807) is 7.05 Å². The fourth-order valence-electron chi connectivity index (χ4n) is 1.39. The van der Waals surface area contributed by atoms with Gasteiger partial charge >= 0.3 is 6.09 Å². The van der Waals surface area contributed by atoms with Gasteiger partial charge in [0.05, 0.1) is 0 Å². The molecule has 0 bridgehead atoms. The fraction of sp³-hybridized carbons (Fsp3) is 0.917. The molecule has 0 heterocycles. The van der Waals surface area contributed by atoms with E-state index >= 15 is 0 Å². The number of rotatable bonds is 1. The molecular weight excluding hydrogens is 190 g/mol. The SMILES string of the molecule is CC.CC.CNC(=O)OC1CCCCC1. The predicted octanol–water partition coefficient (Wildman–Crippen LogP) is 3.73. The normalized spacial score (nSPS) is 15.0. The Bertz CT molecular complexity index is 132. The zero-order valence-corrected chi connectivity index (χ0v) is 10.9. The van der Waals surface area contributed by atoms with E-state index in [9.17, 15) is 4.79 Å². The van der Waals surface area contributed by atoms with Gasteiger partial charge in [-0.1, -0.05) is 34.1 Å². The number of ether oxygens (including phenoxy) is 1. The van der Waals surface area contributed by atoms with E-state index in [0.29, 0.717) is 0 Å². The van der Waals surface area contributed by atoms with Crippen LogP contribution in [0.5, 0.6) is 0 Å². The van der Waals surface area contributed by atoms with Crippen molar-refractivity contribution in [2.45, 2.75) is 65.9 Å². The summed E-state index contributed by atoms with van der Waals surface area (Å²) in [4.78, 5) is 10.7. The average Bonchev–Trinajstić information content (AvgIpc) is 2.35. The molecule has 0 atom stereocenters. The molecule has 0 saturated heterocycles. The van der Waals surface area contributed by atoms with Gasteiger partial charge in [0.15, 0.2) is 0 Å². The molecule has 1 aliphatic rings. The van der Waals surface area contributed by atoms with E-state index in [2.05, 4.69) is 5.32 Å². The summed E-state index contributed by atoms with van der Waals surface area (Å²) in [5.41, 5.74) is 0. The van der Waals surface area contributed by atoms with Gasteiger partial charge in [0.2, 0.25) is 0 Å². The summed E-state index contributed by atoms with van der Waals surface area (Å²) in [5, 5.41) is 2.45. The quantitative estimate of drug-likeness (QED) is 0.727. The van der Waals surface area contributed by atoms with E-state index in [-0.39, 0.29) is 12.2 Å². The number of amides is 1. The summed E-state index contributed by atoms with van der Waals surface area (Å²) >= 11 is 0. The van der Waals surface area contributed by atoms with Crippen LogP contribution in [0.25, 0.3) is 0 Å². The van der Waals surface area contributed by atoms with E-state index in [1.165, 1.54) is 19.3 Å². The van der Waals surface area contributed by atoms with E-state index in [0.717, 1.165) is 12.8 Å². The van der Waals surface area contributed by atoms with Gasteiger partial charge in [-0.2, -0.15) is 0 Å². The van der Waals surface area contributed by atoms with Crippen LogP contribution in [0.1, 0.15) is 59.8 Å². The number of carbonyl (C=O) groups is 1. The number of hydrogen-bond donors (Lipinski definition) is 1. The zero-order valence-electron chi connectivity index (χ0n) is 10.9. The minimum Gasteiger partial charge on any atom is -0.446 e. The van der Waals surface area contributed by atoms with Crippen molar-refractivity contribution >= 4 is 6.09 Å². The highest BCUT2D eigenvalue weighted by molar-refractivity contribution is 5.66. The molecule has 15 heavy (non-hydrogen) atoms. The Morgan fingerprint density at radius 1 is 1.07 bits per heavy atom. The van der Waals surface area contributed by atoms with Gasteiger partial charge in [0, 0.05) is 7.05 Å². The molecule has 0 aliphatic heterocycles. The van der Waals surface area contributed by atoms with Crippen molar-refractivity contribution in [2.75, 3.05) is 7.05 Å². The van der Waals surface area contributed by atoms with Crippen LogP contribution >= 0.6 is 0 Å². The van der Waals surface area contributed by atoms with Crippen LogP contribution in [-0.4, -0.2) is 19.2 Å². The lowest BCUT2D eigenvalue weighted by atomic mass is 9.98. The second-order valence-electron chi connectivity index (χ2n) is 2.92. The summed E-state index contributed by atoms with van der Waals surface area (Å²) in [6.45, 7) is 8.00. The van der Waals surface area contributed by atoms with Crippen LogP contribution in [0, 0.1) is 0 Å². The lowest BCUT2D eigenvalue weighted by molar-refractivity contribution is 0.0769. The van der Waals surface area contributed by atoms with Crippen LogP contribution in [0.2, 0.25) is 0 Å². The number of carbonyl (C=O) groups excluding carboxylic acids is 1. The molecular formula is C12H27NO2. The molecule has 92 valence electrons. The zero-order chi connectivity index (χ0) is 12.1. The highest BCUT2D eigenvalue weighted by atomic mass is 16.6. The molecule has 1 fully saturated rings. The Kier molecular flexibility index (Phi) is 14.8. The number of alkyl carbamates (subject to hydrolysis) is 1. The lowest BCUT2D eigenvalue weighted by Gasteiger charge is -2.21. The Morgan fingerprint density at radius 3 is 1.93 bits per heavy atom. The maximum atomic E-state index is 10.7. The van der Waals surface area contributed by atoms with Gasteiger partial charge in [0.1, 0.15) is 6.10 Å². The van der Waals surface area contributed by atoms with Gasteiger partial charge in [0.25, 0.3) is 0 Å². The first-order chi connectivity index (χ1) is 7.33. The first-order valence-corrected chi connectivity index (χ1v) is 6.21. The third-order valence-corrected chi connectivity index (χ3v) is 2.03. The number of nitrogens with one attached hydrogen (secondary N) is 1. The van der Waals surface area contributed by atoms with Crippen molar-refractivity contribution in [2.24, 2.45) is 0 Å². The lowest BCUT2D eigenvalue weighted by Crippen LogP contribution is -2.27. The Hall–Kier alpha value is -0.730. The largest absolute Gasteiger partial charge is 0.446 e. The molecule has 1 amide bonds. The predicted molar refractivity (Wildman–Crippen MR) is 65.1 cm³/mol. The monoisotopic (exact) mass is 217 g/mol. The molecule has 1 aliphatic carbocycles. The van der Waals surface area contributed by atoms with Gasteiger partial charge < -0.3 is 10.1 Å². The molecule has 3 nitrogen and oxygen atoms in total. The van der Waals surface area contributed by atoms with Crippen molar-refractivity contribution in [1.29, 1.82) is 0 Å². The Balaban J connectivity index is 0. The Labute approximate surface area is 94.6 Å². The smallest absolute Gasteiger partial charge is 0.407 e. The summed E-state index contributed by atoms with van der Waals surface area (Å²) in [6, 6.07) is 0. The van der Waals surface area contributed by atoms with Crippen molar-refractivity contribution in [3.63, 3.8) is 0 Å². The van der Waals surface area contributed by atoms with E-state index in [4.69, 9.17) is 4.74 Å². The van der Waals surface area contributed by atoms with Crippen molar-refractivity contribution in [3.8, 4) is 0 Å². The standard InChI is InChI=1S/C8H15NO2.2C2H6/c1-9-8(10)11-7-5-3-2-4-6-7;2*1-2/h7H,2-6H2,1H3,(H,9,10);2*1-2H3. The third-order valence-electron chi connectivity index (χ3n) is 2.03. The van der Waals surface area contributed by atoms with Crippen LogP contribution in [0.4, 0.5) is 4.79 Å². The van der Waals surface area contributed by atoms with Gasteiger partial charge in [-0.25, -0.2) is 4.79 Å². The summed E-state index contributed by atoms with van der Waals surface area (Å²) in [5.74, 6) is 0. The molecule has 0 aromatic heterocycles. The Morgan fingerprint density at radius 2 is 1.53 bits per heavy atom. The molecule has 0 spiro atoms. The van der Waals surface area contributed by atoms with E-state index < -0.39 is 0 Å². The van der Waals surface area contributed by atoms with Gasteiger partial charge in [-0.15, -0.1) is 0 Å². The van der Waals surface area contributed by atoms with Crippen molar-refractivity contribution in [1.82, 2.24) is 5.32 Å². The number of hydrogen-bond acceptors (Lipinski definition) is 2. The third kappa shape index (κ3) is 9.57. The second-order valence-corrected chi connectivity index (χ2v) is 2.92. The summed E-state index contributed by atoms with van der Waals surface area (Å²) in [6.07, 6.45) is 5.62. The van der Waals surface area contributed by atoms with Gasteiger partial charge in [-0.3, -0.25) is 0 Å². The first kappa shape index (κ1) is 16.7. The van der Waals surface area contributed by atoms with Crippen molar-refractivity contribution in [3.05, 3.63) is 0 Å². The minimum atomic E-state index is -0.295. The van der Waals surface area contributed by atoms with Crippen LogP contribution in [0.15, 0.2) is 0 Å². The molecule has 0 radical (unpaired) electrons. The molecule has 1 saturated carbocycles. The molecule has 0 aromatic carbocycles. The highest BCUT2D eigenvalue weighted by Crippen LogP contribution is 2.19. The first-order valence-electron chi connectivity index (χ1n) is 6.21. The average molecular weight is 217 g/mol. The highest BCUT2D eigenvalue weighted by Gasteiger charge is 2.16. The minimum absolute atomic E-state index is 0.170. The van der Waals surface area contributed by atoms with Crippen molar-refractivity contribution < 1.29 is 9.53 Å². The molecule has 0 unspecified atom stereocenters.